The average Bonchev–Trinajstić information content (AvgIpc) is 3.23. The van der Waals surface area contributed by atoms with Crippen LogP contribution < -0.4 is 19.5 Å². The molecule has 2 aromatic carbocycles. The highest BCUT2D eigenvalue weighted by atomic mass is 16.5. The Labute approximate surface area is 163 Å². The number of carbonyl (C=O) groups excluding carboxylic acids is 1. The van der Waals surface area contributed by atoms with Gasteiger partial charge >= 0.3 is 0 Å². The zero-order valence-electron chi connectivity index (χ0n) is 16.3. The first-order valence-electron chi connectivity index (χ1n) is 8.78. The van der Waals surface area contributed by atoms with Gasteiger partial charge in [0.1, 0.15) is 5.75 Å². The number of rotatable bonds is 7. The maximum Gasteiger partial charge on any atom is 0.255 e. The molecule has 1 atom stereocenters. The third-order valence-corrected chi connectivity index (χ3v) is 4.50. The number of benzene rings is 2. The van der Waals surface area contributed by atoms with Crippen molar-refractivity contribution in [3.63, 3.8) is 0 Å². The van der Waals surface area contributed by atoms with Gasteiger partial charge in [0.15, 0.2) is 11.5 Å². The lowest BCUT2D eigenvalue weighted by Crippen LogP contribution is -2.26. The Morgan fingerprint density at radius 3 is 2.54 bits per heavy atom. The van der Waals surface area contributed by atoms with Gasteiger partial charge in [-0.25, -0.2) is 0 Å². The zero-order chi connectivity index (χ0) is 20.1. The average molecular weight is 381 g/mol. The number of carbonyl (C=O) groups is 1. The molecular formula is C21H23N3O4. The quantitative estimate of drug-likeness (QED) is 0.653. The van der Waals surface area contributed by atoms with Crippen LogP contribution in [0.25, 0.3) is 11.3 Å². The summed E-state index contributed by atoms with van der Waals surface area (Å²) in [5, 5.41) is 9.94. The number of aromatic amines is 1. The third kappa shape index (κ3) is 3.93. The molecule has 0 saturated carbocycles. The molecule has 1 unspecified atom stereocenters. The van der Waals surface area contributed by atoms with Gasteiger partial charge < -0.3 is 19.5 Å². The van der Waals surface area contributed by atoms with Gasteiger partial charge in [0.25, 0.3) is 5.91 Å². The van der Waals surface area contributed by atoms with Crippen LogP contribution in [0.3, 0.4) is 0 Å². The van der Waals surface area contributed by atoms with Gasteiger partial charge in [-0.05, 0) is 36.8 Å². The van der Waals surface area contributed by atoms with Crippen molar-refractivity contribution in [3.8, 4) is 28.5 Å². The summed E-state index contributed by atoms with van der Waals surface area (Å²) in [4.78, 5) is 12.9. The summed E-state index contributed by atoms with van der Waals surface area (Å²) in [6, 6.07) is 12.8. The second-order valence-electron chi connectivity index (χ2n) is 6.20. The van der Waals surface area contributed by atoms with Crippen LogP contribution in [0, 0.1) is 0 Å². The molecule has 3 aromatic rings. The minimum Gasteiger partial charge on any atom is -0.497 e. The van der Waals surface area contributed by atoms with E-state index in [1.165, 1.54) is 6.20 Å². The van der Waals surface area contributed by atoms with Crippen molar-refractivity contribution in [2.24, 2.45) is 0 Å². The van der Waals surface area contributed by atoms with Crippen molar-refractivity contribution in [1.82, 2.24) is 15.5 Å². The molecule has 0 aliphatic heterocycles. The highest BCUT2D eigenvalue weighted by Gasteiger charge is 2.19. The fraction of sp³-hybridized carbons (Fsp3) is 0.238. The normalized spacial score (nSPS) is 11.6. The van der Waals surface area contributed by atoms with E-state index in [1.54, 1.807) is 21.3 Å². The monoisotopic (exact) mass is 381 g/mol. The largest absolute Gasteiger partial charge is 0.497 e. The van der Waals surface area contributed by atoms with E-state index in [-0.39, 0.29) is 11.9 Å². The van der Waals surface area contributed by atoms with E-state index < -0.39 is 0 Å². The lowest BCUT2D eigenvalue weighted by Gasteiger charge is -2.16. The van der Waals surface area contributed by atoms with E-state index in [9.17, 15) is 4.79 Å². The molecule has 0 aliphatic rings. The lowest BCUT2D eigenvalue weighted by atomic mass is 10.1. The van der Waals surface area contributed by atoms with Gasteiger partial charge in [-0.1, -0.05) is 18.2 Å². The second kappa shape index (κ2) is 8.47. The molecule has 0 bridgehead atoms. The molecule has 146 valence electrons. The predicted molar refractivity (Wildman–Crippen MR) is 106 cm³/mol. The summed E-state index contributed by atoms with van der Waals surface area (Å²) in [7, 11) is 4.77. The highest BCUT2D eigenvalue weighted by Crippen LogP contribution is 2.30. The van der Waals surface area contributed by atoms with Crippen LogP contribution in [-0.2, 0) is 0 Å². The smallest absolute Gasteiger partial charge is 0.255 e. The van der Waals surface area contributed by atoms with Crippen LogP contribution in [0.5, 0.6) is 17.2 Å². The molecule has 0 saturated heterocycles. The molecule has 0 aliphatic carbocycles. The Hall–Kier alpha value is -3.48. The summed E-state index contributed by atoms with van der Waals surface area (Å²) in [6.07, 6.45) is 1.52. The standard InChI is InChI=1S/C21H23N3O4/c1-13(14-8-9-18(27-3)19(11-14)28-4)23-21(25)17-12-22-24-20(17)15-6-5-7-16(10-15)26-2/h5-13H,1-4H3,(H,22,24)(H,23,25). The van der Waals surface area contributed by atoms with Crippen molar-refractivity contribution >= 4 is 5.91 Å². The minimum absolute atomic E-state index is 0.228. The fourth-order valence-electron chi connectivity index (χ4n) is 2.94. The third-order valence-electron chi connectivity index (χ3n) is 4.50. The Morgan fingerprint density at radius 1 is 1.04 bits per heavy atom. The molecule has 1 aromatic heterocycles. The van der Waals surface area contributed by atoms with Crippen LogP contribution >= 0.6 is 0 Å². The molecule has 0 spiro atoms. The molecule has 1 amide bonds. The van der Waals surface area contributed by atoms with E-state index in [1.807, 2.05) is 49.4 Å². The summed E-state index contributed by atoms with van der Waals surface area (Å²) >= 11 is 0. The number of nitrogens with zero attached hydrogens (tertiary/aromatic N) is 1. The number of H-pyrrole nitrogens is 1. The number of nitrogens with one attached hydrogen (secondary N) is 2. The number of methoxy groups -OCH3 is 3. The summed E-state index contributed by atoms with van der Waals surface area (Å²) < 4.78 is 15.9. The molecule has 1 heterocycles. The number of aromatic nitrogens is 2. The van der Waals surface area contributed by atoms with Crippen molar-refractivity contribution in [3.05, 3.63) is 59.8 Å². The van der Waals surface area contributed by atoms with E-state index >= 15 is 0 Å². The van der Waals surface area contributed by atoms with E-state index in [0.29, 0.717) is 28.5 Å². The van der Waals surface area contributed by atoms with E-state index in [0.717, 1.165) is 11.1 Å². The van der Waals surface area contributed by atoms with Crippen LogP contribution in [0.2, 0.25) is 0 Å². The highest BCUT2D eigenvalue weighted by molar-refractivity contribution is 6.00. The Balaban J connectivity index is 1.81. The van der Waals surface area contributed by atoms with Crippen molar-refractivity contribution in [1.29, 1.82) is 0 Å². The molecule has 28 heavy (non-hydrogen) atoms. The molecule has 3 rings (SSSR count). The van der Waals surface area contributed by atoms with Crippen LogP contribution in [0.4, 0.5) is 0 Å². The van der Waals surface area contributed by atoms with Gasteiger partial charge in [0, 0.05) is 5.56 Å². The van der Waals surface area contributed by atoms with Gasteiger partial charge in [-0.15, -0.1) is 0 Å². The molecule has 0 radical (unpaired) electrons. The van der Waals surface area contributed by atoms with Crippen LogP contribution in [0.1, 0.15) is 28.9 Å². The summed E-state index contributed by atoms with van der Waals surface area (Å²) in [6.45, 7) is 1.91. The molecular weight excluding hydrogens is 358 g/mol. The number of hydrogen-bond donors (Lipinski definition) is 2. The maximum absolute atomic E-state index is 12.9. The van der Waals surface area contributed by atoms with Crippen molar-refractivity contribution in [2.75, 3.05) is 21.3 Å². The number of amides is 1. The number of hydrogen-bond acceptors (Lipinski definition) is 5. The summed E-state index contributed by atoms with van der Waals surface area (Å²) in [5.74, 6) is 1.73. The van der Waals surface area contributed by atoms with Gasteiger partial charge in [-0.2, -0.15) is 5.10 Å². The number of ether oxygens (including phenoxy) is 3. The summed E-state index contributed by atoms with van der Waals surface area (Å²) in [5.41, 5.74) is 2.81. The molecule has 0 fully saturated rings. The molecule has 7 nitrogen and oxygen atoms in total. The SMILES string of the molecule is COc1cccc(-c2[nH]ncc2C(=O)NC(C)c2ccc(OC)c(OC)c2)c1. The van der Waals surface area contributed by atoms with Crippen molar-refractivity contribution in [2.45, 2.75) is 13.0 Å². The zero-order valence-corrected chi connectivity index (χ0v) is 16.3. The fourth-order valence-corrected chi connectivity index (χ4v) is 2.94. The van der Waals surface area contributed by atoms with Gasteiger partial charge in [0.05, 0.1) is 44.8 Å². The molecule has 2 N–H and O–H groups in total. The lowest BCUT2D eigenvalue weighted by molar-refractivity contribution is 0.0940. The topological polar surface area (TPSA) is 85.5 Å². The van der Waals surface area contributed by atoms with Gasteiger partial charge in [0.2, 0.25) is 0 Å². The predicted octanol–water partition coefficient (Wildman–Crippen LogP) is 3.59. The first-order chi connectivity index (χ1) is 13.6. The first-order valence-corrected chi connectivity index (χ1v) is 8.78. The Morgan fingerprint density at radius 2 is 1.82 bits per heavy atom. The minimum atomic E-state index is -0.236. The van der Waals surface area contributed by atoms with Crippen LogP contribution in [-0.4, -0.2) is 37.4 Å². The Bertz CT molecular complexity index is 968. The van der Waals surface area contributed by atoms with E-state index in [2.05, 4.69) is 15.5 Å². The van der Waals surface area contributed by atoms with Gasteiger partial charge in [-0.3, -0.25) is 9.89 Å². The van der Waals surface area contributed by atoms with Crippen molar-refractivity contribution < 1.29 is 19.0 Å². The van der Waals surface area contributed by atoms with E-state index in [4.69, 9.17) is 14.2 Å². The Kier molecular flexibility index (Phi) is 5.84. The van der Waals surface area contributed by atoms with Crippen LogP contribution in [0.15, 0.2) is 48.7 Å². The maximum atomic E-state index is 12.9. The first kappa shape index (κ1) is 19.3. The second-order valence-corrected chi connectivity index (χ2v) is 6.20. The molecule has 7 heteroatoms.